The molecule has 1 fully saturated rings. The molecule has 208 valence electrons. The fourth-order valence-electron chi connectivity index (χ4n) is 5.67. The zero-order chi connectivity index (χ0) is 28.3. The molecule has 0 amide bonds. The lowest BCUT2D eigenvalue weighted by molar-refractivity contribution is -0.134. The Morgan fingerprint density at radius 2 is 1.68 bits per heavy atom. The molecule has 6 rings (SSSR count). The fourth-order valence-corrected chi connectivity index (χ4v) is 5.67. The third-order valence-electron chi connectivity index (χ3n) is 7.53. The third kappa shape index (κ3) is 5.63. The predicted molar refractivity (Wildman–Crippen MR) is 150 cm³/mol. The van der Waals surface area contributed by atoms with Gasteiger partial charge in [-0.2, -0.15) is 0 Å². The van der Waals surface area contributed by atoms with Crippen molar-refractivity contribution in [2.45, 2.75) is 38.0 Å². The predicted octanol–water partition coefficient (Wildman–Crippen LogP) is 3.91. The highest BCUT2D eigenvalue weighted by Crippen LogP contribution is 2.36. The number of carboxylic acid groups (broad SMARTS) is 2. The number of carboxylic acids is 2. The number of para-hydroxylation sites is 3. The van der Waals surface area contributed by atoms with Crippen LogP contribution in [0.25, 0.3) is 16.7 Å². The van der Waals surface area contributed by atoms with Gasteiger partial charge in [0.1, 0.15) is 5.60 Å². The lowest BCUT2D eigenvalue weighted by Gasteiger charge is -2.39. The fraction of sp³-hybridized carbons (Fsp3) is 0.300. The molecule has 1 atom stereocenters. The van der Waals surface area contributed by atoms with Gasteiger partial charge in [0.15, 0.2) is 0 Å². The van der Waals surface area contributed by atoms with Crippen molar-refractivity contribution >= 4 is 23.0 Å². The summed E-state index contributed by atoms with van der Waals surface area (Å²) in [6.07, 6.45) is 5.17. The Balaban J connectivity index is 0.000000355. The number of aromatic nitrogens is 3. The van der Waals surface area contributed by atoms with E-state index in [0.717, 1.165) is 43.5 Å². The molecule has 1 saturated heterocycles. The molecule has 0 spiro atoms. The Kier molecular flexibility index (Phi) is 7.72. The van der Waals surface area contributed by atoms with Crippen LogP contribution in [0.3, 0.4) is 0 Å². The van der Waals surface area contributed by atoms with Gasteiger partial charge < -0.3 is 24.5 Å². The zero-order valence-electron chi connectivity index (χ0n) is 22.2. The number of hydrogen-bond donors (Lipinski definition) is 3. The summed E-state index contributed by atoms with van der Waals surface area (Å²) in [5, 5.41) is 15.6. The Labute approximate surface area is 230 Å². The quantitative estimate of drug-likeness (QED) is 0.325. The van der Waals surface area contributed by atoms with E-state index in [4.69, 9.17) is 14.9 Å². The monoisotopic (exact) mass is 544 g/mol. The molecule has 4 aromatic rings. The Hall–Kier alpha value is -4.41. The highest BCUT2D eigenvalue weighted by Gasteiger charge is 2.37. The van der Waals surface area contributed by atoms with E-state index in [1.165, 1.54) is 16.9 Å². The molecule has 0 bridgehead atoms. The van der Waals surface area contributed by atoms with Gasteiger partial charge in [0.25, 0.3) is 0 Å². The van der Waals surface area contributed by atoms with Crippen LogP contribution in [0.1, 0.15) is 37.1 Å². The average molecular weight is 545 g/mol. The maximum atomic E-state index is 12.6. The van der Waals surface area contributed by atoms with Crippen molar-refractivity contribution in [3.8, 4) is 5.69 Å². The molecule has 2 aromatic heterocycles. The van der Waals surface area contributed by atoms with E-state index in [1.807, 2.05) is 28.8 Å². The van der Waals surface area contributed by atoms with Gasteiger partial charge in [-0.25, -0.2) is 14.4 Å². The van der Waals surface area contributed by atoms with Crippen LogP contribution in [-0.4, -0.2) is 60.8 Å². The third-order valence-corrected chi connectivity index (χ3v) is 7.53. The van der Waals surface area contributed by atoms with Crippen molar-refractivity contribution in [1.82, 2.24) is 19.0 Å². The van der Waals surface area contributed by atoms with Crippen molar-refractivity contribution in [1.29, 1.82) is 0 Å². The molecule has 4 heterocycles. The Morgan fingerprint density at radius 3 is 2.40 bits per heavy atom. The van der Waals surface area contributed by atoms with Crippen LogP contribution in [0.15, 0.2) is 83.8 Å². The first kappa shape index (κ1) is 27.2. The number of benzene rings is 2. The molecule has 2 aliphatic heterocycles. The number of H-pyrrole nitrogens is 1. The van der Waals surface area contributed by atoms with Crippen LogP contribution in [0.2, 0.25) is 0 Å². The Bertz CT molecular complexity index is 1590. The first-order chi connectivity index (χ1) is 19.2. The largest absolute Gasteiger partial charge is 0.478 e. The highest BCUT2D eigenvalue weighted by molar-refractivity contribution is 5.89. The van der Waals surface area contributed by atoms with E-state index in [-0.39, 0.29) is 11.7 Å². The van der Waals surface area contributed by atoms with E-state index < -0.39 is 17.5 Å². The summed E-state index contributed by atoms with van der Waals surface area (Å²) in [5.41, 5.74) is 5.13. The summed E-state index contributed by atoms with van der Waals surface area (Å²) in [5.74, 6) is -2.51. The average Bonchev–Trinajstić information content (AvgIpc) is 3.54. The summed E-state index contributed by atoms with van der Waals surface area (Å²) in [7, 11) is 0. The highest BCUT2D eigenvalue weighted by atomic mass is 16.5. The molecule has 10 nitrogen and oxygen atoms in total. The first-order valence-electron chi connectivity index (χ1n) is 13.2. The zero-order valence-corrected chi connectivity index (χ0v) is 22.2. The summed E-state index contributed by atoms with van der Waals surface area (Å²) >= 11 is 0. The second-order valence-corrected chi connectivity index (χ2v) is 10.2. The van der Waals surface area contributed by atoms with Crippen LogP contribution in [0.4, 0.5) is 0 Å². The van der Waals surface area contributed by atoms with Gasteiger partial charge in [0.2, 0.25) is 0 Å². The van der Waals surface area contributed by atoms with Gasteiger partial charge in [-0.3, -0.25) is 9.47 Å². The number of likely N-dealkylation sites (tertiary alicyclic amines) is 1. The molecule has 0 aliphatic carbocycles. The molecule has 2 aliphatic rings. The number of piperidine rings is 1. The number of ether oxygens (including phenoxy) is 1. The van der Waals surface area contributed by atoms with Gasteiger partial charge >= 0.3 is 17.6 Å². The Morgan fingerprint density at radius 1 is 1.00 bits per heavy atom. The van der Waals surface area contributed by atoms with Crippen molar-refractivity contribution in [3.05, 3.63) is 101 Å². The minimum atomic E-state index is -1.26. The van der Waals surface area contributed by atoms with E-state index in [9.17, 15) is 14.4 Å². The number of hydrogen-bond acceptors (Lipinski definition) is 5. The molecule has 0 radical (unpaired) electrons. The maximum Gasteiger partial charge on any atom is 0.328 e. The SMILES string of the molecule is CC1(CN2CCC(n3c(=O)[nH]c4ccccc43)CC2)OCc2ccccc2-n2cccc21.O=C(O)/C=C\C(=O)O. The molecule has 2 aromatic carbocycles. The van der Waals surface area contributed by atoms with Gasteiger partial charge in [-0.15, -0.1) is 0 Å². The van der Waals surface area contributed by atoms with Gasteiger partial charge in [0, 0.05) is 49.6 Å². The van der Waals surface area contributed by atoms with Crippen molar-refractivity contribution in [2.75, 3.05) is 19.6 Å². The van der Waals surface area contributed by atoms with Crippen molar-refractivity contribution in [2.24, 2.45) is 0 Å². The number of nitrogens with one attached hydrogen (secondary N) is 1. The topological polar surface area (TPSA) is 130 Å². The van der Waals surface area contributed by atoms with Crippen LogP contribution < -0.4 is 5.69 Å². The first-order valence-corrected chi connectivity index (χ1v) is 13.2. The minimum absolute atomic E-state index is 0.000643. The molecular formula is C30H32N4O6. The smallest absolute Gasteiger partial charge is 0.328 e. The molecule has 0 saturated carbocycles. The molecule has 40 heavy (non-hydrogen) atoms. The lowest BCUT2D eigenvalue weighted by atomic mass is 9.98. The van der Waals surface area contributed by atoms with Gasteiger partial charge in [0.05, 0.1) is 29.0 Å². The van der Waals surface area contributed by atoms with Crippen LogP contribution in [0.5, 0.6) is 0 Å². The standard InChI is InChI=1S/C26H28N4O2.C4H4O4/c1-26(24-11-6-14-29(24)22-9-4-2-7-19(22)17-32-26)18-28-15-12-20(13-16-28)30-23-10-5-3-8-21(23)27-25(30)31;5-3(6)1-2-4(7)8/h2-11,14,20H,12-13,15-18H2,1H3,(H,27,31);1-2H,(H,5,6)(H,7,8)/b;2-1-. The molecule has 10 heteroatoms. The second-order valence-electron chi connectivity index (χ2n) is 10.2. The van der Waals surface area contributed by atoms with E-state index in [2.05, 4.69) is 64.0 Å². The number of fused-ring (bicyclic) bond motifs is 4. The minimum Gasteiger partial charge on any atom is -0.478 e. The second kappa shape index (κ2) is 11.4. The molecule has 3 N–H and O–H groups in total. The van der Waals surface area contributed by atoms with Crippen molar-refractivity contribution < 1.29 is 24.5 Å². The number of imidazole rings is 1. The molecule has 1 unspecified atom stereocenters. The summed E-state index contributed by atoms with van der Waals surface area (Å²) in [6, 6.07) is 21.0. The number of aromatic amines is 1. The van der Waals surface area contributed by atoms with E-state index >= 15 is 0 Å². The van der Waals surface area contributed by atoms with Gasteiger partial charge in [-0.05, 0) is 50.1 Å². The number of nitrogens with zero attached hydrogens (tertiary/aromatic N) is 3. The maximum absolute atomic E-state index is 12.6. The number of aliphatic carboxylic acids is 2. The molecular weight excluding hydrogens is 512 g/mol. The summed E-state index contributed by atoms with van der Waals surface area (Å²) < 4.78 is 10.8. The number of carbonyl (C=O) groups is 2. The lowest BCUT2D eigenvalue weighted by Crippen LogP contribution is -2.45. The number of rotatable bonds is 5. The van der Waals surface area contributed by atoms with Crippen molar-refractivity contribution in [3.63, 3.8) is 0 Å². The van der Waals surface area contributed by atoms with Gasteiger partial charge in [-0.1, -0.05) is 30.3 Å². The van der Waals surface area contributed by atoms with E-state index in [0.29, 0.717) is 18.8 Å². The summed E-state index contributed by atoms with van der Waals surface area (Å²) in [4.78, 5) is 37.2. The van der Waals surface area contributed by atoms with Crippen LogP contribution in [0, 0.1) is 0 Å². The van der Waals surface area contributed by atoms with E-state index in [1.54, 1.807) is 0 Å². The van der Waals surface area contributed by atoms with Crippen LogP contribution in [-0.2, 0) is 26.5 Å². The normalized spacial score (nSPS) is 19.4. The van der Waals surface area contributed by atoms with Crippen LogP contribution >= 0.6 is 0 Å². The summed E-state index contributed by atoms with van der Waals surface area (Å²) in [6.45, 7) is 5.55.